The SMILES string of the molecule is C=CCOc1c2cc([N+](=O)[O-])cc1Cc1cc(C(C)(C)C)cc(c1OCCC)Cc1cc(C(C)(C)C)cc(c1OCCC)Cc1cc(C(C)(C)C)cc(c1OCCC)C2. The number of fused-ring (bicyclic) bond motifs is 8. The molecule has 59 heavy (non-hydrogen) atoms. The predicted octanol–water partition coefficient (Wildman–Crippen LogP) is 13.1. The monoisotopic (exact) mass is 804 g/mol. The van der Waals surface area contributed by atoms with Gasteiger partial charge in [-0.1, -0.05) is 132 Å². The maximum Gasteiger partial charge on any atom is 0.270 e. The van der Waals surface area contributed by atoms with Crippen LogP contribution in [0.5, 0.6) is 23.0 Å². The first-order valence-electron chi connectivity index (χ1n) is 21.7. The van der Waals surface area contributed by atoms with Crippen LogP contribution in [0.3, 0.4) is 0 Å². The van der Waals surface area contributed by atoms with Gasteiger partial charge in [0.1, 0.15) is 29.6 Å². The van der Waals surface area contributed by atoms with Crippen LogP contribution in [0.4, 0.5) is 5.69 Å². The van der Waals surface area contributed by atoms with Crippen LogP contribution in [0.15, 0.2) is 61.2 Å². The number of ether oxygens (including phenoxy) is 4. The van der Waals surface area contributed by atoms with Crippen molar-refractivity contribution < 1.29 is 23.9 Å². The molecule has 0 unspecified atom stereocenters. The van der Waals surface area contributed by atoms with Crippen LogP contribution in [0.2, 0.25) is 0 Å². The molecule has 1 aliphatic rings. The molecule has 0 atom stereocenters. The van der Waals surface area contributed by atoms with E-state index in [9.17, 15) is 10.1 Å². The molecular formula is C52H69NO6. The zero-order chi connectivity index (χ0) is 43.3. The molecule has 0 heterocycles. The van der Waals surface area contributed by atoms with Crippen LogP contribution >= 0.6 is 0 Å². The van der Waals surface area contributed by atoms with E-state index in [4.69, 9.17) is 18.9 Å². The van der Waals surface area contributed by atoms with Gasteiger partial charge in [-0.15, -0.1) is 0 Å². The number of nitrogens with zero attached hydrogens (tertiary/aromatic N) is 1. The van der Waals surface area contributed by atoms with E-state index in [0.717, 1.165) is 92.1 Å². The highest BCUT2D eigenvalue weighted by atomic mass is 16.6. The molecular weight excluding hydrogens is 735 g/mol. The molecule has 8 bridgehead atoms. The van der Waals surface area contributed by atoms with Crippen molar-refractivity contribution in [2.24, 2.45) is 0 Å². The average Bonchev–Trinajstić information content (AvgIpc) is 3.14. The van der Waals surface area contributed by atoms with E-state index in [1.807, 2.05) is 0 Å². The van der Waals surface area contributed by atoms with Gasteiger partial charge in [-0.05, 0) is 85.6 Å². The highest BCUT2D eigenvalue weighted by Gasteiger charge is 2.29. The lowest BCUT2D eigenvalue weighted by molar-refractivity contribution is -0.385. The Balaban J connectivity index is 2.01. The first-order valence-corrected chi connectivity index (χ1v) is 21.7. The molecule has 0 saturated heterocycles. The van der Waals surface area contributed by atoms with Crippen molar-refractivity contribution in [2.45, 2.75) is 144 Å². The fourth-order valence-corrected chi connectivity index (χ4v) is 7.77. The molecule has 0 fully saturated rings. The maximum absolute atomic E-state index is 12.8. The first kappa shape index (κ1) is 45.3. The van der Waals surface area contributed by atoms with Crippen molar-refractivity contribution in [3.05, 3.63) is 132 Å². The van der Waals surface area contributed by atoms with E-state index in [2.05, 4.69) is 126 Å². The molecule has 4 aromatic rings. The van der Waals surface area contributed by atoms with Crippen molar-refractivity contribution in [1.82, 2.24) is 0 Å². The Morgan fingerprint density at radius 2 is 0.763 bits per heavy atom. The van der Waals surface area contributed by atoms with Crippen LogP contribution in [-0.4, -0.2) is 31.4 Å². The lowest BCUT2D eigenvalue weighted by Crippen LogP contribution is -2.17. The molecule has 0 aromatic heterocycles. The molecule has 5 rings (SSSR count). The summed E-state index contributed by atoms with van der Waals surface area (Å²) in [5.41, 5.74) is 10.8. The van der Waals surface area contributed by atoms with Crippen LogP contribution in [0.25, 0.3) is 0 Å². The number of nitro benzene ring substituents is 1. The molecule has 0 spiro atoms. The number of hydrogen-bond acceptors (Lipinski definition) is 6. The third-order valence-corrected chi connectivity index (χ3v) is 11.0. The van der Waals surface area contributed by atoms with Crippen LogP contribution in [0.1, 0.15) is 164 Å². The molecule has 0 radical (unpaired) electrons. The number of benzene rings is 4. The minimum absolute atomic E-state index is 0.0240. The summed E-state index contributed by atoms with van der Waals surface area (Å²) in [6.07, 6.45) is 6.17. The molecule has 1 aliphatic carbocycles. The van der Waals surface area contributed by atoms with Gasteiger partial charge < -0.3 is 18.9 Å². The van der Waals surface area contributed by atoms with Gasteiger partial charge in [0, 0.05) is 48.9 Å². The summed E-state index contributed by atoms with van der Waals surface area (Å²) in [5, 5.41) is 12.8. The first-order chi connectivity index (χ1) is 27.8. The molecule has 318 valence electrons. The molecule has 7 nitrogen and oxygen atoms in total. The molecule has 0 amide bonds. The van der Waals surface area contributed by atoms with Gasteiger partial charge in [-0.25, -0.2) is 0 Å². The fourth-order valence-electron chi connectivity index (χ4n) is 7.77. The minimum Gasteiger partial charge on any atom is -0.493 e. The Morgan fingerprint density at radius 1 is 0.508 bits per heavy atom. The number of hydrogen-bond donors (Lipinski definition) is 0. The van der Waals surface area contributed by atoms with E-state index in [1.54, 1.807) is 18.2 Å². The summed E-state index contributed by atoms with van der Waals surface area (Å²) in [6.45, 7) is 32.4. The van der Waals surface area contributed by atoms with Gasteiger partial charge in [0.2, 0.25) is 0 Å². The second kappa shape index (κ2) is 18.6. The zero-order valence-electron chi connectivity index (χ0n) is 38.1. The maximum atomic E-state index is 12.8. The lowest BCUT2D eigenvalue weighted by Gasteiger charge is -2.28. The van der Waals surface area contributed by atoms with Crippen molar-refractivity contribution in [3.63, 3.8) is 0 Å². The largest absolute Gasteiger partial charge is 0.493 e. The Kier molecular flexibility index (Phi) is 14.3. The highest BCUT2D eigenvalue weighted by molar-refractivity contribution is 5.60. The standard InChI is InChI=1S/C52H69NO6/c1-14-18-56-46-34-22-36-28-43(51(8,9)10)30-38(47(36)57-19-15-2)24-40-32-45(53(54)55)33-41(49(40)59-21-17-4)25-39-31-44(52(11,12)13)29-37(48(39)58-20-16-3)23-35(46)27-42(26-34)50(5,6)7/h17,26-33H,4,14-16,18-25H2,1-3,5-13H3. The Bertz CT molecular complexity index is 2020. The van der Waals surface area contributed by atoms with Crippen LogP contribution in [0, 0.1) is 10.1 Å². The van der Waals surface area contributed by atoms with Gasteiger partial charge in [0.15, 0.2) is 0 Å². The van der Waals surface area contributed by atoms with Crippen molar-refractivity contribution >= 4 is 5.69 Å². The second-order valence-corrected chi connectivity index (χ2v) is 19.3. The second-order valence-electron chi connectivity index (χ2n) is 19.3. The van der Waals surface area contributed by atoms with Gasteiger partial charge in [-0.2, -0.15) is 0 Å². The van der Waals surface area contributed by atoms with E-state index in [0.29, 0.717) is 51.3 Å². The van der Waals surface area contributed by atoms with E-state index < -0.39 is 0 Å². The van der Waals surface area contributed by atoms with Crippen molar-refractivity contribution in [1.29, 1.82) is 0 Å². The summed E-state index contributed by atoms with van der Waals surface area (Å²) in [6, 6.07) is 17.1. The van der Waals surface area contributed by atoms with Gasteiger partial charge in [-0.3, -0.25) is 10.1 Å². The number of rotatable bonds is 13. The van der Waals surface area contributed by atoms with Crippen LogP contribution < -0.4 is 18.9 Å². The van der Waals surface area contributed by atoms with E-state index in [-0.39, 0.29) is 33.5 Å². The normalized spacial score (nSPS) is 13.2. The molecule has 0 N–H and O–H groups in total. The Labute approximate surface area is 354 Å². The van der Waals surface area contributed by atoms with Crippen molar-refractivity contribution in [2.75, 3.05) is 26.4 Å². The quantitative estimate of drug-likeness (QED) is 0.0670. The van der Waals surface area contributed by atoms with Crippen molar-refractivity contribution in [3.8, 4) is 23.0 Å². The smallest absolute Gasteiger partial charge is 0.270 e. The average molecular weight is 804 g/mol. The molecule has 0 aliphatic heterocycles. The number of nitro groups is 1. The molecule has 0 saturated carbocycles. The predicted molar refractivity (Wildman–Crippen MR) is 243 cm³/mol. The van der Waals surface area contributed by atoms with E-state index >= 15 is 0 Å². The summed E-state index contributed by atoms with van der Waals surface area (Å²) in [4.78, 5) is 12.5. The van der Waals surface area contributed by atoms with Gasteiger partial charge in [0.25, 0.3) is 5.69 Å². The summed E-state index contributed by atoms with van der Waals surface area (Å²) in [7, 11) is 0. The summed E-state index contributed by atoms with van der Waals surface area (Å²) in [5.74, 6) is 3.18. The van der Waals surface area contributed by atoms with Crippen LogP contribution in [-0.2, 0) is 41.9 Å². The summed E-state index contributed by atoms with van der Waals surface area (Å²) < 4.78 is 27.0. The summed E-state index contributed by atoms with van der Waals surface area (Å²) >= 11 is 0. The van der Waals surface area contributed by atoms with Gasteiger partial charge >= 0.3 is 0 Å². The minimum atomic E-state index is -0.295. The number of non-ortho nitro benzene ring substituents is 1. The topological polar surface area (TPSA) is 80.1 Å². The molecule has 7 heteroatoms. The molecule has 4 aromatic carbocycles. The van der Waals surface area contributed by atoms with E-state index in [1.165, 1.54) is 5.56 Å². The Morgan fingerprint density at radius 3 is 0.983 bits per heavy atom. The Hall–Kier alpha value is -4.78. The van der Waals surface area contributed by atoms with Gasteiger partial charge in [0.05, 0.1) is 24.7 Å². The zero-order valence-corrected chi connectivity index (χ0v) is 38.1. The third-order valence-electron chi connectivity index (χ3n) is 11.0. The fraction of sp³-hybridized carbons (Fsp3) is 0.500. The highest BCUT2D eigenvalue weighted by Crippen LogP contribution is 2.44. The lowest BCUT2D eigenvalue weighted by atomic mass is 9.80. The third kappa shape index (κ3) is 10.9.